The number of anilines is 1. The molecule has 0 spiro atoms. The molecule has 2 aromatic rings. The van der Waals surface area contributed by atoms with Gasteiger partial charge < -0.3 is 4.90 Å². The maximum Gasteiger partial charge on any atom is 0.146 e. The Morgan fingerprint density at radius 1 is 1.10 bits per heavy atom. The molecule has 0 radical (unpaired) electrons. The molecule has 0 bridgehead atoms. The first-order valence-electron chi connectivity index (χ1n) is 6.73. The third-order valence-corrected chi connectivity index (χ3v) is 3.56. The summed E-state index contributed by atoms with van der Waals surface area (Å²) in [7, 11) is 0. The number of nitriles is 1. The second-order valence-electron chi connectivity index (χ2n) is 4.78. The number of benzene rings is 1. The minimum Gasteiger partial charge on any atom is -0.351 e. The second-order valence-corrected chi connectivity index (χ2v) is 4.78. The van der Waals surface area contributed by atoms with Crippen molar-refractivity contribution in [2.45, 2.75) is 6.42 Å². The lowest BCUT2D eigenvalue weighted by Gasteiger charge is -2.28. The van der Waals surface area contributed by atoms with Crippen molar-refractivity contribution in [3.05, 3.63) is 65.9 Å². The molecule has 3 nitrogen and oxygen atoms in total. The van der Waals surface area contributed by atoms with Crippen LogP contribution < -0.4 is 4.90 Å². The van der Waals surface area contributed by atoms with E-state index in [0.717, 1.165) is 25.3 Å². The van der Waals surface area contributed by atoms with Gasteiger partial charge in [0.25, 0.3) is 0 Å². The molecule has 1 aromatic heterocycles. The number of pyridine rings is 1. The van der Waals surface area contributed by atoms with Crippen LogP contribution in [0.4, 0.5) is 5.82 Å². The molecule has 20 heavy (non-hydrogen) atoms. The zero-order chi connectivity index (χ0) is 13.8. The fourth-order valence-corrected chi connectivity index (χ4v) is 2.51. The summed E-state index contributed by atoms with van der Waals surface area (Å²) in [5.41, 5.74) is 3.30. The van der Waals surface area contributed by atoms with Gasteiger partial charge in [0.2, 0.25) is 0 Å². The molecule has 98 valence electrons. The lowest BCUT2D eigenvalue weighted by Crippen LogP contribution is -2.29. The number of rotatable bonds is 2. The maximum absolute atomic E-state index is 9.15. The second kappa shape index (κ2) is 5.58. The predicted molar refractivity (Wildman–Crippen MR) is 80.2 cm³/mol. The van der Waals surface area contributed by atoms with Crippen LogP contribution in [0.2, 0.25) is 0 Å². The molecule has 0 aliphatic carbocycles. The molecular weight excluding hydrogens is 246 g/mol. The van der Waals surface area contributed by atoms with E-state index in [4.69, 9.17) is 5.26 Å². The highest BCUT2D eigenvalue weighted by molar-refractivity contribution is 5.69. The Kier molecular flexibility index (Phi) is 3.47. The molecule has 0 amide bonds. The molecular formula is C17H15N3. The third kappa shape index (κ3) is 2.41. The largest absolute Gasteiger partial charge is 0.351 e. The van der Waals surface area contributed by atoms with Crippen LogP contribution in [-0.2, 0) is 0 Å². The molecule has 0 unspecified atom stereocenters. The standard InChI is InChI=1S/C17H15N3/c18-13-16-7-4-10-19-17(16)20-11-8-15(9-12-20)14-5-2-1-3-6-14/h1-8,10H,9,11-12H2. The van der Waals surface area contributed by atoms with Crippen molar-refractivity contribution in [1.29, 1.82) is 5.26 Å². The Morgan fingerprint density at radius 3 is 2.65 bits per heavy atom. The maximum atomic E-state index is 9.15. The van der Waals surface area contributed by atoms with Crippen molar-refractivity contribution in [2.24, 2.45) is 0 Å². The van der Waals surface area contributed by atoms with E-state index >= 15 is 0 Å². The Morgan fingerprint density at radius 2 is 1.95 bits per heavy atom. The van der Waals surface area contributed by atoms with Crippen LogP contribution in [0.3, 0.4) is 0 Å². The summed E-state index contributed by atoms with van der Waals surface area (Å²) in [6, 6.07) is 16.3. The summed E-state index contributed by atoms with van der Waals surface area (Å²) >= 11 is 0. The van der Waals surface area contributed by atoms with Crippen LogP contribution in [0, 0.1) is 11.3 Å². The molecule has 1 aliphatic rings. The first-order chi connectivity index (χ1) is 9.88. The van der Waals surface area contributed by atoms with Crippen LogP contribution in [0.25, 0.3) is 5.57 Å². The minimum absolute atomic E-state index is 0.643. The van der Waals surface area contributed by atoms with Gasteiger partial charge in [-0.1, -0.05) is 36.4 Å². The first kappa shape index (κ1) is 12.4. The molecule has 0 saturated carbocycles. The van der Waals surface area contributed by atoms with Gasteiger partial charge in [-0.25, -0.2) is 4.98 Å². The van der Waals surface area contributed by atoms with E-state index in [2.05, 4.69) is 46.3 Å². The van der Waals surface area contributed by atoms with Crippen molar-refractivity contribution in [2.75, 3.05) is 18.0 Å². The molecule has 0 N–H and O–H groups in total. The highest BCUT2D eigenvalue weighted by Gasteiger charge is 2.16. The number of hydrogen-bond acceptors (Lipinski definition) is 3. The van der Waals surface area contributed by atoms with Crippen LogP contribution in [0.15, 0.2) is 54.7 Å². The number of nitrogens with zero attached hydrogens (tertiary/aromatic N) is 3. The number of aromatic nitrogens is 1. The summed E-state index contributed by atoms with van der Waals surface area (Å²) in [4.78, 5) is 6.50. The van der Waals surface area contributed by atoms with Crippen LogP contribution in [-0.4, -0.2) is 18.1 Å². The van der Waals surface area contributed by atoms with E-state index in [0.29, 0.717) is 5.56 Å². The van der Waals surface area contributed by atoms with E-state index in [-0.39, 0.29) is 0 Å². The van der Waals surface area contributed by atoms with E-state index in [9.17, 15) is 0 Å². The van der Waals surface area contributed by atoms with Gasteiger partial charge in [0.1, 0.15) is 11.9 Å². The molecule has 1 aliphatic heterocycles. The highest BCUT2D eigenvalue weighted by Crippen LogP contribution is 2.25. The summed E-state index contributed by atoms with van der Waals surface area (Å²) in [5.74, 6) is 0.790. The fourth-order valence-electron chi connectivity index (χ4n) is 2.51. The Bertz CT molecular complexity index is 668. The van der Waals surface area contributed by atoms with Gasteiger partial charge >= 0.3 is 0 Å². The zero-order valence-electron chi connectivity index (χ0n) is 11.2. The lowest BCUT2D eigenvalue weighted by atomic mass is 9.99. The summed E-state index contributed by atoms with van der Waals surface area (Å²) in [5, 5.41) is 9.15. The van der Waals surface area contributed by atoms with Gasteiger partial charge in [0.15, 0.2) is 0 Å². The van der Waals surface area contributed by atoms with Gasteiger partial charge in [-0.2, -0.15) is 5.26 Å². The summed E-state index contributed by atoms with van der Waals surface area (Å²) in [6.07, 6.45) is 4.95. The third-order valence-electron chi connectivity index (χ3n) is 3.56. The molecule has 1 aromatic carbocycles. The van der Waals surface area contributed by atoms with Gasteiger partial charge in [-0.3, -0.25) is 0 Å². The molecule has 0 saturated heterocycles. The quantitative estimate of drug-likeness (QED) is 0.833. The average molecular weight is 261 g/mol. The molecule has 0 atom stereocenters. The van der Waals surface area contributed by atoms with Crippen LogP contribution >= 0.6 is 0 Å². The minimum atomic E-state index is 0.643. The average Bonchev–Trinajstić information content (AvgIpc) is 2.56. The van der Waals surface area contributed by atoms with Crippen molar-refractivity contribution in [3.8, 4) is 6.07 Å². The normalized spacial score (nSPS) is 14.6. The Balaban J connectivity index is 1.82. The smallest absolute Gasteiger partial charge is 0.146 e. The molecule has 3 rings (SSSR count). The van der Waals surface area contributed by atoms with Crippen molar-refractivity contribution in [1.82, 2.24) is 4.98 Å². The van der Waals surface area contributed by atoms with Gasteiger partial charge in [0, 0.05) is 19.3 Å². The van der Waals surface area contributed by atoms with Crippen molar-refractivity contribution in [3.63, 3.8) is 0 Å². The van der Waals surface area contributed by atoms with Crippen LogP contribution in [0.5, 0.6) is 0 Å². The molecule has 2 heterocycles. The molecule has 3 heteroatoms. The zero-order valence-corrected chi connectivity index (χ0v) is 11.2. The van der Waals surface area contributed by atoms with E-state index in [1.807, 2.05) is 12.1 Å². The van der Waals surface area contributed by atoms with Crippen molar-refractivity contribution >= 4 is 11.4 Å². The lowest BCUT2D eigenvalue weighted by molar-refractivity contribution is 0.815. The first-order valence-corrected chi connectivity index (χ1v) is 6.73. The Labute approximate surface area is 118 Å². The van der Waals surface area contributed by atoms with E-state index in [1.165, 1.54) is 11.1 Å². The van der Waals surface area contributed by atoms with Crippen molar-refractivity contribution < 1.29 is 0 Å². The molecule has 0 fully saturated rings. The van der Waals surface area contributed by atoms with E-state index < -0.39 is 0 Å². The SMILES string of the molecule is N#Cc1cccnc1N1CC=C(c2ccccc2)CC1. The van der Waals surface area contributed by atoms with Crippen LogP contribution in [0.1, 0.15) is 17.5 Å². The van der Waals surface area contributed by atoms with Gasteiger partial charge in [-0.05, 0) is 29.7 Å². The Hall–Kier alpha value is -2.60. The van der Waals surface area contributed by atoms with E-state index in [1.54, 1.807) is 12.3 Å². The summed E-state index contributed by atoms with van der Waals surface area (Å²) < 4.78 is 0. The predicted octanol–water partition coefficient (Wildman–Crippen LogP) is 3.25. The fraction of sp³-hybridized carbons (Fsp3) is 0.176. The topological polar surface area (TPSA) is 39.9 Å². The highest BCUT2D eigenvalue weighted by atomic mass is 15.2. The summed E-state index contributed by atoms with van der Waals surface area (Å²) in [6.45, 7) is 1.70. The number of hydrogen-bond donors (Lipinski definition) is 0. The van der Waals surface area contributed by atoms with Gasteiger partial charge in [0.05, 0.1) is 5.56 Å². The van der Waals surface area contributed by atoms with Gasteiger partial charge in [-0.15, -0.1) is 0 Å². The monoisotopic (exact) mass is 261 g/mol.